The van der Waals surface area contributed by atoms with Crippen LogP contribution in [0.3, 0.4) is 0 Å². The van der Waals surface area contributed by atoms with E-state index in [2.05, 4.69) is 14.5 Å². The minimum absolute atomic E-state index is 0.0686. The van der Waals surface area contributed by atoms with E-state index in [1.807, 2.05) is 41.6 Å². The highest BCUT2D eigenvalue weighted by atomic mass is 16.3. The van der Waals surface area contributed by atoms with E-state index in [0.717, 1.165) is 46.9 Å². The highest BCUT2D eigenvalue weighted by molar-refractivity contribution is 6.06. The van der Waals surface area contributed by atoms with Gasteiger partial charge in [0.15, 0.2) is 5.82 Å². The van der Waals surface area contributed by atoms with Crippen LogP contribution in [0.4, 0.5) is 5.82 Å². The van der Waals surface area contributed by atoms with E-state index >= 15 is 0 Å². The first kappa shape index (κ1) is 18.0. The number of para-hydroxylation sites is 1. The van der Waals surface area contributed by atoms with Crippen LogP contribution in [0.5, 0.6) is 0 Å². The van der Waals surface area contributed by atoms with Crippen molar-refractivity contribution in [1.29, 1.82) is 0 Å². The molecule has 0 fully saturated rings. The van der Waals surface area contributed by atoms with Gasteiger partial charge >= 0.3 is 0 Å². The van der Waals surface area contributed by atoms with Gasteiger partial charge in [-0.15, -0.1) is 0 Å². The van der Waals surface area contributed by atoms with Gasteiger partial charge in [0, 0.05) is 37.5 Å². The van der Waals surface area contributed by atoms with Crippen molar-refractivity contribution in [3.63, 3.8) is 0 Å². The molecule has 0 radical (unpaired) electrons. The first-order valence-electron chi connectivity index (χ1n) is 9.39. The van der Waals surface area contributed by atoms with Crippen LogP contribution >= 0.6 is 0 Å². The first-order valence-corrected chi connectivity index (χ1v) is 9.39. The summed E-state index contributed by atoms with van der Waals surface area (Å²) in [6, 6.07) is 9.85. The normalized spacial score (nSPS) is 11.3. The van der Waals surface area contributed by atoms with Crippen molar-refractivity contribution in [2.24, 2.45) is 0 Å². The second-order valence-electron chi connectivity index (χ2n) is 6.93. The van der Waals surface area contributed by atoms with Crippen molar-refractivity contribution in [3.8, 4) is 0 Å². The van der Waals surface area contributed by atoms with E-state index in [0.29, 0.717) is 18.9 Å². The van der Waals surface area contributed by atoms with Gasteiger partial charge in [0.2, 0.25) is 5.91 Å². The van der Waals surface area contributed by atoms with Crippen LogP contribution in [0.1, 0.15) is 25.3 Å². The molecule has 7 nitrogen and oxygen atoms in total. The number of unbranched alkanes of at least 4 members (excludes halogenated alkanes) is 1. The van der Waals surface area contributed by atoms with Gasteiger partial charge in [0.05, 0.1) is 29.9 Å². The molecule has 0 bridgehead atoms. The number of hydrogen-bond acceptors (Lipinski definition) is 5. The molecule has 0 saturated heterocycles. The van der Waals surface area contributed by atoms with Crippen LogP contribution in [-0.4, -0.2) is 31.9 Å². The quantitative estimate of drug-likeness (QED) is 0.497. The van der Waals surface area contributed by atoms with E-state index in [1.54, 1.807) is 19.5 Å². The smallest absolute Gasteiger partial charge is 0.219 e. The molecule has 7 heteroatoms. The summed E-state index contributed by atoms with van der Waals surface area (Å²) in [6.07, 6.45) is 6.95. The number of benzene rings is 1. The van der Waals surface area contributed by atoms with Crippen LogP contribution in [0.25, 0.3) is 21.9 Å². The third-order valence-electron chi connectivity index (χ3n) is 4.96. The summed E-state index contributed by atoms with van der Waals surface area (Å²) in [4.78, 5) is 22.7. The van der Waals surface area contributed by atoms with Crippen molar-refractivity contribution in [2.45, 2.75) is 32.9 Å². The molecule has 0 atom stereocenters. The molecule has 0 saturated carbocycles. The first-order chi connectivity index (χ1) is 13.6. The van der Waals surface area contributed by atoms with Gasteiger partial charge in [0.25, 0.3) is 0 Å². The van der Waals surface area contributed by atoms with Crippen molar-refractivity contribution in [3.05, 3.63) is 54.7 Å². The average Bonchev–Trinajstić information content (AvgIpc) is 3.34. The topological polar surface area (TPSA) is 90.2 Å². The maximum Gasteiger partial charge on any atom is 0.219 e. The number of fused-ring (bicyclic) bond motifs is 3. The second-order valence-corrected chi connectivity index (χ2v) is 6.93. The standard InChI is InChI=1S/C21H23N5O2/c1-15(27)25(12-16-8-11-28-13-16)9-4-5-10-26-14-23-19-20(26)17-6-2-3-7-18(17)24-21(19)22/h2-3,6-8,11,13-14H,4-5,9-10,12H2,1H3,(H2,22,24). The molecular weight excluding hydrogens is 354 g/mol. The number of carbonyl (C=O) groups excluding carboxylic acids is 1. The summed E-state index contributed by atoms with van der Waals surface area (Å²) in [5, 5.41) is 1.05. The Hall–Kier alpha value is -3.35. The number of amides is 1. The van der Waals surface area contributed by atoms with Gasteiger partial charge in [-0.3, -0.25) is 4.79 Å². The van der Waals surface area contributed by atoms with Crippen LogP contribution in [-0.2, 0) is 17.9 Å². The van der Waals surface area contributed by atoms with Gasteiger partial charge in [0.1, 0.15) is 5.52 Å². The van der Waals surface area contributed by atoms with Gasteiger partial charge in [-0.1, -0.05) is 18.2 Å². The van der Waals surface area contributed by atoms with Crippen LogP contribution in [0.2, 0.25) is 0 Å². The van der Waals surface area contributed by atoms with Gasteiger partial charge in [-0.25, -0.2) is 9.97 Å². The molecule has 28 heavy (non-hydrogen) atoms. The number of anilines is 1. The lowest BCUT2D eigenvalue weighted by atomic mass is 10.2. The molecule has 2 N–H and O–H groups in total. The Morgan fingerprint density at radius 2 is 2.11 bits per heavy atom. The molecule has 1 aromatic carbocycles. The molecule has 3 heterocycles. The SMILES string of the molecule is CC(=O)N(CCCCn1cnc2c(N)nc3ccccc3c21)Cc1ccoc1. The third-order valence-corrected chi connectivity index (χ3v) is 4.96. The molecule has 0 aliphatic carbocycles. The monoisotopic (exact) mass is 377 g/mol. The number of nitrogens with two attached hydrogens (primary N) is 1. The van der Waals surface area contributed by atoms with Crippen LogP contribution in [0.15, 0.2) is 53.6 Å². The zero-order chi connectivity index (χ0) is 19.5. The number of aryl methyl sites for hydroxylation is 1. The molecule has 4 rings (SSSR count). The predicted molar refractivity (Wildman–Crippen MR) is 108 cm³/mol. The highest BCUT2D eigenvalue weighted by Crippen LogP contribution is 2.27. The number of hydrogen-bond donors (Lipinski definition) is 1. The number of pyridine rings is 1. The Labute approximate surface area is 162 Å². The summed E-state index contributed by atoms with van der Waals surface area (Å²) in [5.41, 5.74) is 9.72. The molecule has 0 aliphatic rings. The van der Waals surface area contributed by atoms with Crippen molar-refractivity contribution in [2.75, 3.05) is 12.3 Å². The third kappa shape index (κ3) is 3.55. The summed E-state index contributed by atoms with van der Waals surface area (Å²) in [5.74, 6) is 0.523. The number of furan rings is 1. The van der Waals surface area contributed by atoms with Gasteiger partial charge in [-0.2, -0.15) is 0 Å². The Kier molecular flexibility index (Phi) is 4.97. The highest BCUT2D eigenvalue weighted by Gasteiger charge is 2.13. The number of imidazole rings is 1. The Morgan fingerprint density at radius 3 is 2.89 bits per heavy atom. The zero-order valence-corrected chi connectivity index (χ0v) is 15.8. The van der Waals surface area contributed by atoms with Crippen molar-refractivity contribution >= 4 is 33.7 Å². The summed E-state index contributed by atoms with van der Waals surface area (Å²) >= 11 is 0. The fourth-order valence-corrected chi connectivity index (χ4v) is 3.51. The van der Waals surface area contributed by atoms with E-state index < -0.39 is 0 Å². The summed E-state index contributed by atoms with van der Waals surface area (Å²) < 4.78 is 7.22. The molecule has 0 aliphatic heterocycles. The molecular formula is C21H23N5O2. The van der Waals surface area contributed by atoms with Crippen molar-refractivity contribution in [1.82, 2.24) is 19.4 Å². The zero-order valence-electron chi connectivity index (χ0n) is 15.8. The van der Waals surface area contributed by atoms with Gasteiger partial charge < -0.3 is 19.6 Å². The number of rotatable bonds is 7. The average molecular weight is 377 g/mol. The van der Waals surface area contributed by atoms with E-state index in [1.165, 1.54) is 0 Å². The van der Waals surface area contributed by atoms with Crippen LogP contribution in [0, 0.1) is 0 Å². The largest absolute Gasteiger partial charge is 0.472 e. The van der Waals surface area contributed by atoms with E-state index in [-0.39, 0.29) is 5.91 Å². The van der Waals surface area contributed by atoms with Crippen LogP contribution < -0.4 is 5.73 Å². The lowest BCUT2D eigenvalue weighted by Gasteiger charge is -2.20. The fourth-order valence-electron chi connectivity index (χ4n) is 3.51. The minimum Gasteiger partial charge on any atom is -0.472 e. The number of aromatic nitrogens is 3. The fraction of sp³-hybridized carbons (Fsp3) is 0.286. The maximum atomic E-state index is 11.9. The molecule has 4 aromatic rings. The molecule has 0 spiro atoms. The summed E-state index contributed by atoms with van der Waals surface area (Å²) in [7, 11) is 0. The minimum atomic E-state index is 0.0686. The Balaban J connectivity index is 1.45. The maximum absolute atomic E-state index is 11.9. The lowest BCUT2D eigenvalue weighted by molar-refractivity contribution is -0.129. The van der Waals surface area contributed by atoms with E-state index in [9.17, 15) is 4.79 Å². The Bertz CT molecular complexity index is 1100. The number of nitrogens with zero attached hydrogens (tertiary/aromatic N) is 4. The molecule has 3 aromatic heterocycles. The Morgan fingerprint density at radius 1 is 1.25 bits per heavy atom. The van der Waals surface area contributed by atoms with Gasteiger partial charge in [-0.05, 0) is 25.0 Å². The molecule has 1 amide bonds. The lowest BCUT2D eigenvalue weighted by Crippen LogP contribution is -2.29. The second kappa shape index (κ2) is 7.72. The number of nitrogen functional groups attached to an aromatic ring is 1. The van der Waals surface area contributed by atoms with Crippen molar-refractivity contribution < 1.29 is 9.21 Å². The molecule has 0 unspecified atom stereocenters. The summed E-state index contributed by atoms with van der Waals surface area (Å²) in [6.45, 7) is 3.69. The number of carbonyl (C=O) groups is 1. The molecule has 144 valence electrons. The van der Waals surface area contributed by atoms with E-state index in [4.69, 9.17) is 10.2 Å². The predicted octanol–water partition coefficient (Wildman–Crippen LogP) is 3.59.